The summed E-state index contributed by atoms with van der Waals surface area (Å²) in [5.74, 6) is -0.369. The summed E-state index contributed by atoms with van der Waals surface area (Å²) in [7, 11) is 1.60. The van der Waals surface area contributed by atoms with Crippen molar-refractivity contribution in [2.24, 2.45) is 0 Å². The standard InChI is InChI=1S/C20H22ClNO5S/c1-13(20(25)22-12-11-14-3-5-15(26-2)6-4-14)27-19(24)10-7-16(23)17-8-9-18(21)28-17/h3-6,8-9,13H,7,10-12H2,1-2H3,(H,22,25). The number of Topliss-reactive ketones (excluding diaryl/α,β-unsaturated/α-hetero) is 1. The zero-order valence-corrected chi connectivity index (χ0v) is 17.3. The van der Waals surface area contributed by atoms with Crippen molar-refractivity contribution >= 4 is 40.6 Å². The molecule has 2 rings (SSSR count). The van der Waals surface area contributed by atoms with Crippen LogP contribution in [0, 0.1) is 0 Å². The Labute approximate surface area is 172 Å². The molecule has 2 aromatic rings. The molecule has 8 heteroatoms. The van der Waals surface area contributed by atoms with Crippen molar-refractivity contribution < 1.29 is 23.9 Å². The lowest BCUT2D eigenvalue weighted by atomic mass is 10.1. The molecule has 1 atom stereocenters. The molecule has 1 aromatic heterocycles. The highest BCUT2D eigenvalue weighted by molar-refractivity contribution is 7.18. The van der Waals surface area contributed by atoms with Crippen LogP contribution in [-0.4, -0.2) is 37.4 Å². The lowest BCUT2D eigenvalue weighted by molar-refractivity contribution is -0.154. The summed E-state index contributed by atoms with van der Waals surface area (Å²) in [4.78, 5) is 36.4. The first kappa shape index (κ1) is 21.9. The smallest absolute Gasteiger partial charge is 0.307 e. The highest BCUT2D eigenvalue weighted by Crippen LogP contribution is 2.23. The van der Waals surface area contributed by atoms with E-state index in [0.29, 0.717) is 22.2 Å². The maximum absolute atomic E-state index is 12.0. The molecule has 0 radical (unpaired) electrons. The van der Waals surface area contributed by atoms with Crippen LogP contribution in [0.4, 0.5) is 0 Å². The van der Waals surface area contributed by atoms with Crippen molar-refractivity contribution in [3.8, 4) is 5.75 Å². The Hall–Kier alpha value is -2.38. The number of esters is 1. The summed E-state index contributed by atoms with van der Waals surface area (Å²) >= 11 is 6.96. The molecule has 0 aliphatic rings. The first-order chi connectivity index (χ1) is 13.4. The summed E-state index contributed by atoms with van der Waals surface area (Å²) in [5.41, 5.74) is 1.05. The number of carbonyl (C=O) groups excluding carboxylic acids is 3. The lowest BCUT2D eigenvalue weighted by Crippen LogP contribution is -2.36. The molecule has 0 fully saturated rings. The number of hydrogen-bond donors (Lipinski definition) is 1. The van der Waals surface area contributed by atoms with E-state index in [1.165, 1.54) is 18.3 Å². The molecular formula is C20H22ClNO5S. The van der Waals surface area contributed by atoms with Crippen LogP contribution < -0.4 is 10.1 Å². The fourth-order valence-corrected chi connectivity index (χ4v) is 3.39. The fraction of sp³-hybridized carbons (Fsp3) is 0.350. The number of carbonyl (C=O) groups is 3. The molecule has 0 saturated carbocycles. The molecule has 0 bridgehead atoms. The molecule has 150 valence electrons. The number of ketones is 1. The van der Waals surface area contributed by atoms with E-state index in [0.717, 1.165) is 11.3 Å². The van der Waals surface area contributed by atoms with Crippen molar-refractivity contribution in [1.29, 1.82) is 0 Å². The van der Waals surface area contributed by atoms with Gasteiger partial charge < -0.3 is 14.8 Å². The van der Waals surface area contributed by atoms with Crippen LogP contribution in [0.3, 0.4) is 0 Å². The van der Waals surface area contributed by atoms with Crippen LogP contribution in [0.15, 0.2) is 36.4 Å². The van der Waals surface area contributed by atoms with Crippen LogP contribution in [-0.2, 0) is 20.7 Å². The topological polar surface area (TPSA) is 81.7 Å². The molecular weight excluding hydrogens is 402 g/mol. The second-order valence-corrected chi connectivity index (χ2v) is 7.76. The summed E-state index contributed by atoms with van der Waals surface area (Å²) in [5, 5.41) is 2.73. The van der Waals surface area contributed by atoms with E-state index in [1.54, 1.807) is 19.2 Å². The van der Waals surface area contributed by atoms with Gasteiger partial charge in [0, 0.05) is 13.0 Å². The molecule has 1 aromatic carbocycles. The van der Waals surface area contributed by atoms with E-state index in [-0.39, 0.29) is 24.5 Å². The van der Waals surface area contributed by atoms with Crippen molar-refractivity contribution in [2.45, 2.75) is 32.3 Å². The minimum absolute atomic E-state index is 0.0154. The summed E-state index contributed by atoms with van der Waals surface area (Å²) < 4.78 is 10.7. The molecule has 1 unspecified atom stereocenters. The van der Waals surface area contributed by atoms with E-state index in [1.807, 2.05) is 24.3 Å². The van der Waals surface area contributed by atoms with Gasteiger partial charge in [-0.05, 0) is 43.2 Å². The van der Waals surface area contributed by atoms with E-state index in [9.17, 15) is 14.4 Å². The fourth-order valence-electron chi connectivity index (χ4n) is 2.38. The van der Waals surface area contributed by atoms with Gasteiger partial charge in [-0.15, -0.1) is 11.3 Å². The van der Waals surface area contributed by atoms with Crippen LogP contribution >= 0.6 is 22.9 Å². The van der Waals surface area contributed by atoms with Gasteiger partial charge in [-0.3, -0.25) is 14.4 Å². The van der Waals surface area contributed by atoms with Gasteiger partial charge in [0.2, 0.25) is 0 Å². The first-order valence-corrected chi connectivity index (χ1v) is 9.97. The van der Waals surface area contributed by atoms with Gasteiger partial charge >= 0.3 is 5.97 Å². The molecule has 1 N–H and O–H groups in total. The largest absolute Gasteiger partial charge is 0.497 e. The Morgan fingerprint density at radius 2 is 1.82 bits per heavy atom. The second-order valence-electron chi connectivity index (χ2n) is 6.05. The highest BCUT2D eigenvalue weighted by Gasteiger charge is 2.18. The van der Waals surface area contributed by atoms with Gasteiger partial charge in [0.25, 0.3) is 5.91 Å². The molecule has 1 heterocycles. The Morgan fingerprint density at radius 3 is 2.43 bits per heavy atom. The highest BCUT2D eigenvalue weighted by atomic mass is 35.5. The van der Waals surface area contributed by atoms with Gasteiger partial charge in [-0.1, -0.05) is 23.7 Å². The number of nitrogens with one attached hydrogen (secondary N) is 1. The number of hydrogen-bond acceptors (Lipinski definition) is 6. The number of thiophene rings is 1. The zero-order valence-electron chi connectivity index (χ0n) is 15.7. The Morgan fingerprint density at radius 1 is 1.11 bits per heavy atom. The third-order valence-electron chi connectivity index (χ3n) is 3.95. The quantitative estimate of drug-likeness (QED) is 0.465. The van der Waals surface area contributed by atoms with Crippen LogP contribution in [0.25, 0.3) is 0 Å². The first-order valence-electron chi connectivity index (χ1n) is 8.77. The third-order valence-corrected chi connectivity index (χ3v) is 5.23. The molecule has 1 amide bonds. The molecule has 0 spiro atoms. The molecule has 28 heavy (non-hydrogen) atoms. The number of rotatable bonds is 10. The maximum atomic E-state index is 12.0. The number of halogens is 1. The average molecular weight is 424 g/mol. The second kappa shape index (κ2) is 10.8. The minimum Gasteiger partial charge on any atom is -0.497 e. The minimum atomic E-state index is -0.922. The van der Waals surface area contributed by atoms with Gasteiger partial charge in [-0.2, -0.15) is 0 Å². The summed E-state index contributed by atoms with van der Waals surface area (Å²) in [6.07, 6.45) is -0.345. The number of benzene rings is 1. The predicted octanol–water partition coefficient (Wildman–Crippen LogP) is 3.66. The lowest BCUT2D eigenvalue weighted by Gasteiger charge is -2.13. The van der Waals surface area contributed by atoms with Crippen LogP contribution in [0.1, 0.15) is 35.0 Å². The number of methoxy groups -OCH3 is 1. The molecule has 0 saturated heterocycles. The Bertz CT molecular complexity index is 818. The third kappa shape index (κ3) is 6.98. The van der Waals surface area contributed by atoms with E-state index < -0.39 is 12.1 Å². The van der Waals surface area contributed by atoms with Crippen LogP contribution in [0.2, 0.25) is 4.34 Å². The molecule has 6 nitrogen and oxygen atoms in total. The van der Waals surface area contributed by atoms with Gasteiger partial charge in [0.15, 0.2) is 11.9 Å². The monoisotopic (exact) mass is 423 g/mol. The van der Waals surface area contributed by atoms with Crippen molar-refractivity contribution in [1.82, 2.24) is 5.32 Å². The van der Waals surface area contributed by atoms with Crippen LogP contribution in [0.5, 0.6) is 5.75 Å². The van der Waals surface area contributed by atoms with Crippen molar-refractivity contribution in [3.05, 3.63) is 51.2 Å². The summed E-state index contributed by atoms with van der Waals surface area (Å²) in [6.45, 7) is 1.92. The van der Waals surface area contributed by atoms with Gasteiger partial charge in [-0.25, -0.2) is 0 Å². The normalized spacial score (nSPS) is 11.5. The predicted molar refractivity (Wildman–Crippen MR) is 108 cm³/mol. The van der Waals surface area contributed by atoms with E-state index in [2.05, 4.69) is 5.32 Å². The van der Waals surface area contributed by atoms with Gasteiger partial charge in [0.05, 0.1) is 22.7 Å². The SMILES string of the molecule is COc1ccc(CCNC(=O)C(C)OC(=O)CCC(=O)c2ccc(Cl)s2)cc1. The summed E-state index contributed by atoms with van der Waals surface area (Å²) in [6, 6.07) is 10.8. The molecule has 0 aliphatic heterocycles. The Kier molecular flexibility index (Phi) is 8.47. The maximum Gasteiger partial charge on any atom is 0.307 e. The van der Waals surface area contributed by atoms with Gasteiger partial charge in [0.1, 0.15) is 5.75 Å². The zero-order chi connectivity index (χ0) is 20.5. The van der Waals surface area contributed by atoms with E-state index in [4.69, 9.17) is 21.1 Å². The van der Waals surface area contributed by atoms with Crippen molar-refractivity contribution in [3.63, 3.8) is 0 Å². The van der Waals surface area contributed by atoms with E-state index >= 15 is 0 Å². The number of amides is 1. The Balaban J connectivity index is 1.67. The van der Waals surface area contributed by atoms with Crippen molar-refractivity contribution in [2.75, 3.05) is 13.7 Å². The average Bonchev–Trinajstić information content (AvgIpc) is 3.13. The number of ether oxygens (including phenoxy) is 2. The molecule has 0 aliphatic carbocycles.